The highest BCUT2D eigenvalue weighted by atomic mass is 32.2. The lowest BCUT2D eigenvalue weighted by Crippen LogP contribution is -2.54. The number of amides is 1. The van der Waals surface area contributed by atoms with Crippen LogP contribution in [0.1, 0.15) is 31.1 Å². The lowest BCUT2D eigenvalue weighted by atomic mass is 10.1. The van der Waals surface area contributed by atoms with E-state index in [1.807, 2.05) is 0 Å². The normalized spacial score (nSPS) is 13.1. The maximum absolute atomic E-state index is 12.8. The number of pyridine rings is 1. The van der Waals surface area contributed by atoms with Crippen molar-refractivity contribution in [2.75, 3.05) is 13.2 Å². The summed E-state index contributed by atoms with van der Waals surface area (Å²) in [6.07, 6.45) is 1.30. The molecule has 11 heteroatoms. The summed E-state index contributed by atoms with van der Waals surface area (Å²) in [5.74, 6) is -1.01. The van der Waals surface area contributed by atoms with Crippen molar-refractivity contribution in [3.05, 3.63) is 23.9 Å². The Kier molecular flexibility index (Phi) is 5.82. The monoisotopic (exact) mass is 369 g/mol. The summed E-state index contributed by atoms with van der Waals surface area (Å²) < 4.78 is 67.3. The van der Waals surface area contributed by atoms with Crippen LogP contribution in [0.3, 0.4) is 0 Å². The molecule has 24 heavy (non-hydrogen) atoms. The number of sulfonamides is 1. The van der Waals surface area contributed by atoms with Gasteiger partial charge < -0.3 is 10.5 Å². The quantitative estimate of drug-likeness (QED) is 0.785. The predicted molar refractivity (Wildman–Crippen MR) is 79.7 cm³/mol. The van der Waals surface area contributed by atoms with Crippen molar-refractivity contribution in [3.63, 3.8) is 0 Å². The smallest absolute Gasteiger partial charge is 0.475 e. The second-order valence-electron chi connectivity index (χ2n) is 5.44. The van der Waals surface area contributed by atoms with Crippen molar-refractivity contribution < 1.29 is 31.1 Å². The van der Waals surface area contributed by atoms with Gasteiger partial charge in [-0.2, -0.15) is 17.5 Å². The van der Waals surface area contributed by atoms with Crippen LogP contribution in [0, 0.1) is 0 Å². The molecule has 0 aliphatic carbocycles. The number of nitrogens with zero attached hydrogens (tertiary/aromatic N) is 2. The molecule has 0 saturated carbocycles. The van der Waals surface area contributed by atoms with Crippen LogP contribution in [-0.4, -0.2) is 47.8 Å². The van der Waals surface area contributed by atoms with E-state index >= 15 is 0 Å². The number of hydrogen-bond donors (Lipinski definition) is 1. The number of ether oxygens (including phenoxy) is 1. The summed E-state index contributed by atoms with van der Waals surface area (Å²) in [6, 6.07) is 2.77. The molecule has 0 saturated heterocycles. The Morgan fingerprint density at radius 1 is 1.38 bits per heavy atom. The molecule has 1 amide bonds. The molecule has 0 unspecified atom stereocenters. The average Bonchev–Trinajstić information content (AvgIpc) is 2.44. The third-order valence-corrected chi connectivity index (χ3v) is 5.06. The van der Waals surface area contributed by atoms with Gasteiger partial charge in [0.2, 0.25) is 5.88 Å². The van der Waals surface area contributed by atoms with Gasteiger partial charge in [0.25, 0.3) is 5.91 Å². The number of alkyl halides is 3. The van der Waals surface area contributed by atoms with E-state index in [9.17, 15) is 26.4 Å². The second kappa shape index (κ2) is 6.93. The van der Waals surface area contributed by atoms with Crippen LogP contribution < -0.4 is 10.5 Å². The molecular weight excluding hydrogens is 351 g/mol. The van der Waals surface area contributed by atoms with Crippen LogP contribution in [0.15, 0.2) is 18.3 Å². The van der Waals surface area contributed by atoms with Crippen LogP contribution in [-0.2, 0) is 10.0 Å². The molecule has 1 aromatic rings. The SMILES string of the molecule is CCN(C(C)(C)COc1ncccc1C(N)=O)S(=O)(=O)C(F)(F)F. The molecule has 0 radical (unpaired) electrons. The van der Waals surface area contributed by atoms with E-state index in [1.165, 1.54) is 39.1 Å². The number of hydrogen-bond acceptors (Lipinski definition) is 5. The third kappa shape index (κ3) is 4.15. The van der Waals surface area contributed by atoms with Crippen molar-refractivity contribution in [2.24, 2.45) is 5.73 Å². The van der Waals surface area contributed by atoms with E-state index in [2.05, 4.69) is 4.98 Å². The minimum absolute atomic E-state index is 0.0602. The predicted octanol–water partition coefficient (Wildman–Crippen LogP) is 1.51. The van der Waals surface area contributed by atoms with Gasteiger partial charge in [0.15, 0.2) is 0 Å². The van der Waals surface area contributed by atoms with Crippen LogP contribution >= 0.6 is 0 Å². The Bertz CT molecular complexity index is 705. The van der Waals surface area contributed by atoms with Crippen molar-refractivity contribution in [1.82, 2.24) is 9.29 Å². The molecule has 7 nitrogen and oxygen atoms in total. The molecule has 0 aliphatic heterocycles. The van der Waals surface area contributed by atoms with E-state index < -0.39 is 40.1 Å². The van der Waals surface area contributed by atoms with Crippen molar-refractivity contribution in [3.8, 4) is 5.88 Å². The Morgan fingerprint density at radius 3 is 2.42 bits per heavy atom. The first-order valence-electron chi connectivity index (χ1n) is 6.81. The van der Waals surface area contributed by atoms with E-state index in [0.29, 0.717) is 0 Å². The fourth-order valence-corrected chi connectivity index (χ4v) is 3.35. The Morgan fingerprint density at radius 2 is 1.96 bits per heavy atom. The standard InChI is InChI=1S/C13H18F3N3O4S/c1-4-19(24(21,22)13(14,15)16)12(2,3)8-23-11-9(10(17)20)6-5-7-18-11/h5-7H,4,8H2,1-3H3,(H2,17,20). The molecule has 136 valence electrons. The van der Waals surface area contributed by atoms with Gasteiger partial charge >= 0.3 is 15.5 Å². The Labute approximate surface area is 137 Å². The molecule has 0 aliphatic rings. The zero-order valence-electron chi connectivity index (χ0n) is 13.3. The molecule has 0 bridgehead atoms. The fraction of sp³-hybridized carbons (Fsp3) is 0.538. The molecule has 1 aromatic heterocycles. The number of carbonyl (C=O) groups excluding carboxylic acids is 1. The molecule has 1 heterocycles. The third-order valence-electron chi connectivity index (χ3n) is 3.14. The highest BCUT2D eigenvalue weighted by Crippen LogP contribution is 2.32. The van der Waals surface area contributed by atoms with Gasteiger partial charge in [-0.05, 0) is 26.0 Å². The maximum atomic E-state index is 12.8. The fourth-order valence-electron chi connectivity index (χ4n) is 2.06. The molecule has 2 N–H and O–H groups in total. The van der Waals surface area contributed by atoms with Crippen molar-refractivity contribution in [2.45, 2.75) is 31.8 Å². The van der Waals surface area contributed by atoms with Crippen molar-refractivity contribution in [1.29, 1.82) is 0 Å². The van der Waals surface area contributed by atoms with E-state index in [1.54, 1.807) is 0 Å². The summed E-state index contributed by atoms with van der Waals surface area (Å²) in [4.78, 5) is 15.1. The van der Waals surface area contributed by atoms with Crippen LogP contribution in [0.5, 0.6) is 5.88 Å². The van der Waals surface area contributed by atoms with Gasteiger partial charge in [0, 0.05) is 12.7 Å². The molecule has 0 fully saturated rings. The highest BCUT2D eigenvalue weighted by Gasteiger charge is 2.53. The van der Waals surface area contributed by atoms with Crippen molar-refractivity contribution >= 4 is 15.9 Å². The summed E-state index contributed by atoms with van der Waals surface area (Å²) in [5, 5.41) is 0. The topological polar surface area (TPSA) is 103 Å². The highest BCUT2D eigenvalue weighted by molar-refractivity contribution is 7.90. The molecule has 0 atom stereocenters. The number of primary amides is 1. The molecule has 0 spiro atoms. The lowest BCUT2D eigenvalue weighted by molar-refractivity contribution is -0.0526. The van der Waals surface area contributed by atoms with Gasteiger partial charge in [-0.25, -0.2) is 13.4 Å². The zero-order chi connectivity index (χ0) is 18.8. The Hall–Kier alpha value is -1.88. The van der Waals surface area contributed by atoms with Gasteiger partial charge in [-0.1, -0.05) is 6.92 Å². The van der Waals surface area contributed by atoms with Crippen LogP contribution in [0.25, 0.3) is 0 Å². The Balaban J connectivity index is 3.07. The first-order chi connectivity index (χ1) is 10.8. The maximum Gasteiger partial charge on any atom is 0.511 e. The van der Waals surface area contributed by atoms with E-state index in [0.717, 1.165) is 0 Å². The first kappa shape index (κ1) is 20.2. The molecule has 0 aromatic carbocycles. The zero-order valence-corrected chi connectivity index (χ0v) is 14.1. The molecule has 1 rings (SSSR count). The van der Waals surface area contributed by atoms with Gasteiger partial charge in [0.05, 0.1) is 5.54 Å². The minimum Gasteiger partial charge on any atom is -0.475 e. The summed E-state index contributed by atoms with van der Waals surface area (Å²) >= 11 is 0. The largest absolute Gasteiger partial charge is 0.511 e. The van der Waals surface area contributed by atoms with E-state index in [-0.39, 0.29) is 15.7 Å². The number of rotatable bonds is 7. The van der Waals surface area contributed by atoms with Gasteiger partial charge in [-0.15, -0.1) is 0 Å². The lowest BCUT2D eigenvalue weighted by Gasteiger charge is -2.36. The minimum atomic E-state index is -5.54. The second-order valence-corrected chi connectivity index (χ2v) is 7.29. The summed E-state index contributed by atoms with van der Waals surface area (Å²) in [7, 11) is -5.54. The number of aromatic nitrogens is 1. The van der Waals surface area contributed by atoms with Gasteiger partial charge in [-0.3, -0.25) is 4.79 Å². The number of likely N-dealkylation sites (N-methyl/N-ethyl adjacent to an activating group) is 1. The van der Waals surface area contributed by atoms with Crippen LogP contribution in [0.4, 0.5) is 13.2 Å². The average molecular weight is 369 g/mol. The number of halogens is 3. The summed E-state index contributed by atoms with van der Waals surface area (Å²) in [6.45, 7) is 2.94. The van der Waals surface area contributed by atoms with Gasteiger partial charge in [0.1, 0.15) is 12.2 Å². The number of nitrogens with two attached hydrogens (primary N) is 1. The molecular formula is C13H18F3N3O4S. The number of carbonyl (C=O) groups is 1. The van der Waals surface area contributed by atoms with E-state index in [4.69, 9.17) is 10.5 Å². The summed E-state index contributed by atoms with van der Waals surface area (Å²) in [5.41, 5.74) is -1.88. The van der Waals surface area contributed by atoms with Crippen LogP contribution in [0.2, 0.25) is 0 Å². The first-order valence-corrected chi connectivity index (χ1v) is 8.25.